The molecular weight excluding hydrogens is 532 g/mol. The number of carbonyl (C=O) groups excluding carboxylic acids is 2. The van der Waals surface area contributed by atoms with Crippen molar-refractivity contribution < 1.29 is 22.7 Å². The van der Waals surface area contributed by atoms with E-state index in [1.807, 2.05) is 41.8 Å². The lowest BCUT2D eigenvalue weighted by atomic mass is 10.1. The molecule has 0 saturated heterocycles. The van der Waals surface area contributed by atoms with E-state index in [-0.39, 0.29) is 31.2 Å². The van der Waals surface area contributed by atoms with Crippen LogP contribution in [0.2, 0.25) is 0 Å². The Morgan fingerprint density at radius 1 is 1.12 bits per heavy atom. The molecule has 11 nitrogen and oxygen atoms in total. The van der Waals surface area contributed by atoms with Crippen molar-refractivity contribution in [1.82, 2.24) is 19.8 Å². The van der Waals surface area contributed by atoms with Gasteiger partial charge in [0.25, 0.3) is 0 Å². The van der Waals surface area contributed by atoms with Crippen LogP contribution in [-0.2, 0) is 37.3 Å². The highest BCUT2D eigenvalue weighted by Crippen LogP contribution is 2.24. The maximum atomic E-state index is 12.6. The molecule has 0 aliphatic carbocycles. The molecule has 1 amide bonds. The number of aromatic nitrogens is 2. The number of nitriles is 1. The van der Waals surface area contributed by atoms with Gasteiger partial charge >= 0.3 is 5.97 Å². The van der Waals surface area contributed by atoms with Gasteiger partial charge in [-0.15, -0.1) is 0 Å². The number of hydrogen-bond donors (Lipinski definition) is 2. The minimum atomic E-state index is -3.51. The zero-order chi connectivity index (χ0) is 29.1. The van der Waals surface area contributed by atoms with Crippen LogP contribution in [0.15, 0.2) is 42.5 Å². The van der Waals surface area contributed by atoms with Crippen molar-refractivity contribution in [3.63, 3.8) is 0 Å². The second-order valence-corrected chi connectivity index (χ2v) is 11.5. The van der Waals surface area contributed by atoms with Gasteiger partial charge in [-0.2, -0.15) is 5.26 Å². The summed E-state index contributed by atoms with van der Waals surface area (Å²) in [7, 11) is 0.285. The van der Waals surface area contributed by atoms with Crippen LogP contribution >= 0.6 is 0 Å². The fraction of sp³-hybridized carbons (Fsp3) is 0.429. The molecular formula is C28H36N6O5S. The van der Waals surface area contributed by atoms with Crippen LogP contribution in [0.5, 0.6) is 0 Å². The summed E-state index contributed by atoms with van der Waals surface area (Å²) in [6.07, 6.45) is 1.71. The van der Waals surface area contributed by atoms with Crippen LogP contribution in [-0.4, -0.2) is 74.3 Å². The third-order valence-corrected chi connectivity index (χ3v) is 7.46. The minimum Gasteiger partial charge on any atom is -0.465 e. The van der Waals surface area contributed by atoms with E-state index in [1.165, 1.54) is 0 Å². The normalized spacial score (nSPS) is 11.4. The Hall–Kier alpha value is -3.95. The maximum absolute atomic E-state index is 12.6. The van der Waals surface area contributed by atoms with E-state index >= 15 is 0 Å². The fourth-order valence-electron chi connectivity index (χ4n) is 4.18. The van der Waals surface area contributed by atoms with E-state index in [2.05, 4.69) is 16.1 Å². The smallest absolute Gasteiger partial charge is 0.325 e. The molecule has 0 radical (unpaired) electrons. The lowest BCUT2D eigenvalue weighted by Gasteiger charge is -2.12. The number of fused-ring (bicyclic) bond motifs is 1. The second kappa shape index (κ2) is 14.4. The van der Waals surface area contributed by atoms with E-state index in [0.29, 0.717) is 49.1 Å². The number of sulfonamides is 1. The number of rotatable bonds is 15. The average molecular weight is 569 g/mol. The Morgan fingerprint density at radius 3 is 2.55 bits per heavy atom. The molecule has 1 heterocycles. The largest absolute Gasteiger partial charge is 0.465 e. The summed E-state index contributed by atoms with van der Waals surface area (Å²) >= 11 is 0. The van der Waals surface area contributed by atoms with Crippen LogP contribution < -0.4 is 10.0 Å². The predicted octanol–water partition coefficient (Wildman–Crippen LogP) is 2.65. The summed E-state index contributed by atoms with van der Waals surface area (Å²) in [6.45, 7) is 2.95. The standard InChI is InChI=1S/C28H36N6O5S/c1-4-39-28(36)20-30-27(35)7-5-15-34-25-13-12-23(32-40(37,38)16-6-14-33(2)3)18-24(25)31-26(34)17-21-8-10-22(19-29)11-9-21/h8-13,18,32H,4-7,14-17,20H2,1-3H3,(H,30,35). The molecule has 0 atom stereocenters. The maximum Gasteiger partial charge on any atom is 0.325 e. The Kier molecular flexibility index (Phi) is 11.0. The van der Waals surface area contributed by atoms with Gasteiger partial charge in [0.15, 0.2) is 0 Å². The molecule has 0 bridgehead atoms. The SMILES string of the molecule is CCOC(=O)CNC(=O)CCCn1c(Cc2ccc(C#N)cc2)nc2cc(NS(=O)(=O)CCCN(C)C)ccc21. The molecule has 2 aromatic carbocycles. The van der Waals surface area contributed by atoms with Gasteiger partial charge < -0.3 is 19.5 Å². The number of hydrogen-bond acceptors (Lipinski definition) is 8. The average Bonchev–Trinajstić information content (AvgIpc) is 3.23. The summed E-state index contributed by atoms with van der Waals surface area (Å²) in [6, 6.07) is 14.6. The van der Waals surface area contributed by atoms with Gasteiger partial charge in [0, 0.05) is 19.4 Å². The fourth-order valence-corrected chi connectivity index (χ4v) is 5.27. The first kappa shape index (κ1) is 30.6. The molecule has 0 fully saturated rings. The number of carbonyl (C=O) groups is 2. The number of amides is 1. The highest BCUT2D eigenvalue weighted by molar-refractivity contribution is 7.92. The molecule has 214 valence electrons. The summed E-state index contributed by atoms with van der Waals surface area (Å²) < 4.78 is 34.6. The number of imidazole rings is 1. The minimum absolute atomic E-state index is 0.0137. The van der Waals surface area contributed by atoms with E-state index in [1.54, 1.807) is 31.2 Å². The first-order chi connectivity index (χ1) is 19.1. The third-order valence-electron chi connectivity index (χ3n) is 6.09. The molecule has 40 heavy (non-hydrogen) atoms. The van der Waals surface area contributed by atoms with Crippen LogP contribution in [0, 0.1) is 11.3 Å². The van der Waals surface area contributed by atoms with Crippen LogP contribution in [0.3, 0.4) is 0 Å². The van der Waals surface area contributed by atoms with E-state index < -0.39 is 16.0 Å². The van der Waals surface area contributed by atoms with Crippen LogP contribution in [0.4, 0.5) is 5.69 Å². The zero-order valence-corrected chi connectivity index (χ0v) is 24.0. The number of nitrogens with one attached hydrogen (secondary N) is 2. The molecule has 0 unspecified atom stereocenters. The number of anilines is 1. The molecule has 0 aliphatic rings. The van der Waals surface area contributed by atoms with Crippen molar-refractivity contribution in [2.75, 3.05) is 44.3 Å². The van der Waals surface area contributed by atoms with Gasteiger partial charge in [0.1, 0.15) is 12.4 Å². The number of ether oxygens (including phenoxy) is 1. The predicted molar refractivity (Wildman–Crippen MR) is 153 cm³/mol. The number of nitrogens with zero attached hydrogens (tertiary/aromatic N) is 4. The van der Waals surface area contributed by atoms with Crippen molar-refractivity contribution >= 4 is 38.6 Å². The van der Waals surface area contributed by atoms with Gasteiger partial charge in [0.05, 0.1) is 40.7 Å². The van der Waals surface area contributed by atoms with Crippen molar-refractivity contribution in [2.45, 2.75) is 39.2 Å². The van der Waals surface area contributed by atoms with Crippen LogP contribution in [0.25, 0.3) is 11.0 Å². The summed E-state index contributed by atoms with van der Waals surface area (Å²) in [5.41, 5.74) is 3.40. The number of aryl methyl sites for hydroxylation is 1. The Bertz CT molecular complexity index is 1460. The van der Waals surface area contributed by atoms with Crippen molar-refractivity contribution in [3.05, 3.63) is 59.4 Å². The molecule has 12 heteroatoms. The van der Waals surface area contributed by atoms with Gasteiger partial charge in [0.2, 0.25) is 15.9 Å². The van der Waals surface area contributed by atoms with Gasteiger partial charge in [-0.3, -0.25) is 14.3 Å². The van der Waals surface area contributed by atoms with Crippen molar-refractivity contribution in [3.8, 4) is 6.07 Å². The lowest BCUT2D eigenvalue weighted by molar-refractivity contribution is -0.143. The topological polar surface area (TPSA) is 146 Å². The summed E-state index contributed by atoms with van der Waals surface area (Å²) in [5, 5.41) is 11.7. The molecule has 3 rings (SSSR count). The summed E-state index contributed by atoms with van der Waals surface area (Å²) in [5.74, 6) is 0.0276. The lowest BCUT2D eigenvalue weighted by Crippen LogP contribution is -2.30. The van der Waals surface area contributed by atoms with E-state index in [4.69, 9.17) is 15.0 Å². The van der Waals surface area contributed by atoms with Gasteiger partial charge in [-0.25, -0.2) is 13.4 Å². The quantitative estimate of drug-likeness (QED) is 0.266. The summed E-state index contributed by atoms with van der Waals surface area (Å²) in [4.78, 5) is 30.5. The first-order valence-corrected chi connectivity index (χ1v) is 14.8. The molecule has 1 aromatic heterocycles. The van der Waals surface area contributed by atoms with Gasteiger partial charge in [-0.05, 0) is 76.3 Å². The first-order valence-electron chi connectivity index (χ1n) is 13.2. The Labute approximate surface area is 235 Å². The second-order valence-electron chi connectivity index (χ2n) is 9.63. The molecule has 0 saturated carbocycles. The Balaban J connectivity index is 1.78. The number of esters is 1. The van der Waals surface area contributed by atoms with E-state index in [9.17, 15) is 18.0 Å². The van der Waals surface area contributed by atoms with Gasteiger partial charge in [-0.1, -0.05) is 12.1 Å². The third kappa shape index (κ3) is 9.36. The molecule has 2 N–H and O–H groups in total. The molecule has 0 aliphatic heterocycles. The zero-order valence-electron chi connectivity index (χ0n) is 23.1. The van der Waals surface area contributed by atoms with E-state index in [0.717, 1.165) is 16.9 Å². The Morgan fingerprint density at radius 2 is 1.88 bits per heavy atom. The highest BCUT2D eigenvalue weighted by Gasteiger charge is 2.16. The van der Waals surface area contributed by atoms with Crippen molar-refractivity contribution in [1.29, 1.82) is 5.26 Å². The van der Waals surface area contributed by atoms with Crippen molar-refractivity contribution in [2.24, 2.45) is 0 Å². The molecule has 3 aromatic rings. The molecule has 0 spiro atoms. The van der Waals surface area contributed by atoms with Crippen LogP contribution in [0.1, 0.15) is 43.1 Å². The number of benzene rings is 2. The highest BCUT2D eigenvalue weighted by atomic mass is 32.2. The monoisotopic (exact) mass is 568 g/mol.